The van der Waals surface area contributed by atoms with Crippen LogP contribution in [0.1, 0.15) is 22.9 Å². The smallest absolute Gasteiger partial charge is 0.160 e. The van der Waals surface area contributed by atoms with Gasteiger partial charge in [0.15, 0.2) is 5.65 Å². The molecule has 1 aliphatic rings. The number of nitrogens with zero attached hydrogens (tertiary/aromatic N) is 3. The van der Waals surface area contributed by atoms with E-state index in [0.717, 1.165) is 27.8 Å². The summed E-state index contributed by atoms with van der Waals surface area (Å²) < 4.78 is 14.8. The Bertz CT molecular complexity index is 1220. The summed E-state index contributed by atoms with van der Waals surface area (Å²) in [7, 11) is 0. The van der Waals surface area contributed by atoms with Crippen LogP contribution in [0.4, 0.5) is 10.1 Å². The number of benzene rings is 2. The molecule has 2 N–H and O–H groups in total. The topological polar surface area (TPSA) is 83.0 Å². The summed E-state index contributed by atoms with van der Waals surface area (Å²) in [6, 6.07) is 11.7. The summed E-state index contributed by atoms with van der Waals surface area (Å²) in [5.41, 5.74) is 4.53. The third-order valence-corrected chi connectivity index (χ3v) is 5.34. The van der Waals surface area contributed by atoms with Crippen LogP contribution < -0.4 is 5.32 Å². The van der Waals surface area contributed by atoms with E-state index in [2.05, 4.69) is 25.7 Å². The summed E-state index contributed by atoms with van der Waals surface area (Å²) in [4.78, 5) is 14.1. The molecule has 0 fully saturated rings. The molecule has 4 aromatic rings. The quantitative estimate of drug-likeness (QED) is 0.469. The van der Waals surface area contributed by atoms with Crippen molar-refractivity contribution in [3.8, 4) is 11.1 Å². The molecule has 28 heavy (non-hydrogen) atoms. The zero-order valence-electron chi connectivity index (χ0n) is 14.4. The van der Waals surface area contributed by atoms with E-state index in [1.54, 1.807) is 18.3 Å². The average Bonchev–Trinajstić information content (AvgIpc) is 3.05. The van der Waals surface area contributed by atoms with Crippen LogP contribution in [0.3, 0.4) is 0 Å². The van der Waals surface area contributed by atoms with E-state index in [-0.39, 0.29) is 6.54 Å². The predicted molar refractivity (Wildman–Crippen MR) is 106 cm³/mol. The molecule has 0 spiro atoms. The minimum absolute atomic E-state index is 0.109. The highest BCUT2D eigenvalue weighted by atomic mass is 35.5. The van der Waals surface area contributed by atoms with Crippen molar-refractivity contribution in [2.45, 2.75) is 12.6 Å². The fraction of sp³-hybridized carbons (Fsp3) is 0.100. The van der Waals surface area contributed by atoms with Crippen molar-refractivity contribution in [1.82, 2.24) is 15.2 Å². The highest BCUT2D eigenvalue weighted by Gasteiger charge is 2.31. The van der Waals surface area contributed by atoms with Gasteiger partial charge in [0.05, 0.1) is 11.7 Å². The number of halogens is 2. The van der Waals surface area contributed by atoms with Gasteiger partial charge in [0.25, 0.3) is 0 Å². The number of aromatic amines is 1. The van der Waals surface area contributed by atoms with Crippen LogP contribution in [-0.4, -0.2) is 15.2 Å². The molecule has 0 radical (unpaired) electrons. The Kier molecular flexibility index (Phi) is 3.84. The van der Waals surface area contributed by atoms with E-state index in [0.29, 0.717) is 21.9 Å². The molecule has 0 saturated heterocycles. The lowest BCUT2D eigenvalue weighted by molar-refractivity contribution is 0.605. The molecule has 6 nitrogen and oxygen atoms in total. The van der Waals surface area contributed by atoms with Gasteiger partial charge in [-0.05, 0) is 18.2 Å². The van der Waals surface area contributed by atoms with Crippen molar-refractivity contribution in [2.75, 3.05) is 5.32 Å². The number of fused-ring (bicyclic) bond motifs is 2. The molecule has 138 valence electrons. The van der Waals surface area contributed by atoms with Gasteiger partial charge in [-0.2, -0.15) is 10.0 Å². The SMILES string of the molecule is O=NCc1nnc2[nH]cc3c2c1-c1ccccc1NC3c1c(F)cccc1Cl. The zero-order valence-corrected chi connectivity index (χ0v) is 15.2. The number of rotatable bonds is 3. The Labute approximate surface area is 163 Å². The number of hydrogen-bond donors (Lipinski definition) is 2. The van der Waals surface area contributed by atoms with Crippen molar-refractivity contribution in [3.05, 3.63) is 81.2 Å². The Hall–Kier alpha value is -3.32. The lowest BCUT2D eigenvalue weighted by Gasteiger charge is -2.21. The first-order valence-corrected chi connectivity index (χ1v) is 9.02. The summed E-state index contributed by atoms with van der Waals surface area (Å²) >= 11 is 6.38. The van der Waals surface area contributed by atoms with E-state index in [4.69, 9.17) is 11.6 Å². The second-order valence-corrected chi connectivity index (χ2v) is 6.94. The lowest BCUT2D eigenvalue weighted by atomic mass is 9.95. The van der Waals surface area contributed by atoms with Crippen molar-refractivity contribution >= 4 is 28.3 Å². The molecular formula is C20H13ClFN5O. The number of H-pyrrole nitrogens is 1. The number of para-hydroxylation sites is 1. The fourth-order valence-corrected chi connectivity index (χ4v) is 4.11. The molecule has 0 saturated carbocycles. The van der Waals surface area contributed by atoms with Gasteiger partial charge in [-0.1, -0.05) is 41.0 Å². The van der Waals surface area contributed by atoms with E-state index in [1.165, 1.54) is 6.07 Å². The summed E-state index contributed by atoms with van der Waals surface area (Å²) in [5.74, 6) is -0.405. The maximum absolute atomic E-state index is 14.8. The normalized spacial score (nSPS) is 15.0. The summed E-state index contributed by atoms with van der Waals surface area (Å²) in [5, 5.41) is 15.9. The summed E-state index contributed by atoms with van der Waals surface area (Å²) in [6.45, 7) is -0.109. The first kappa shape index (κ1) is 16.8. The van der Waals surface area contributed by atoms with Crippen LogP contribution in [0.25, 0.3) is 22.2 Å². The second kappa shape index (κ2) is 6.38. The van der Waals surface area contributed by atoms with E-state index in [1.807, 2.05) is 24.3 Å². The Morgan fingerprint density at radius 3 is 2.82 bits per heavy atom. The molecular weight excluding hydrogens is 381 g/mol. The van der Waals surface area contributed by atoms with Crippen LogP contribution in [0, 0.1) is 10.7 Å². The maximum Gasteiger partial charge on any atom is 0.160 e. The maximum atomic E-state index is 14.8. The van der Waals surface area contributed by atoms with Crippen LogP contribution in [-0.2, 0) is 6.54 Å². The Morgan fingerprint density at radius 1 is 1.14 bits per heavy atom. The van der Waals surface area contributed by atoms with Gasteiger partial charge < -0.3 is 10.3 Å². The van der Waals surface area contributed by atoms with Crippen LogP contribution >= 0.6 is 11.6 Å². The molecule has 2 aromatic carbocycles. The standard InChI is InChI=1S/C20H13ClFN5O/c21-12-5-3-6-13(22)18(12)19-11-8-23-20-17(11)16(15(9-24-28)26-27-20)10-4-1-2-7-14(10)25-19/h1-8,19,25H,9H2,(H,23,27). The molecule has 8 heteroatoms. The van der Waals surface area contributed by atoms with Crippen molar-refractivity contribution in [3.63, 3.8) is 0 Å². The van der Waals surface area contributed by atoms with Crippen LogP contribution in [0.2, 0.25) is 5.02 Å². The highest BCUT2D eigenvalue weighted by molar-refractivity contribution is 6.31. The van der Waals surface area contributed by atoms with E-state index >= 15 is 0 Å². The number of aromatic nitrogens is 3. The lowest BCUT2D eigenvalue weighted by Crippen LogP contribution is -2.13. The van der Waals surface area contributed by atoms with Gasteiger partial charge in [0.2, 0.25) is 0 Å². The first-order valence-electron chi connectivity index (χ1n) is 8.64. The molecule has 0 amide bonds. The third kappa shape index (κ3) is 2.40. The van der Waals surface area contributed by atoms with Gasteiger partial charge in [0, 0.05) is 44.5 Å². The van der Waals surface area contributed by atoms with Gasteiger partial charge in [-0.3, -0.25) is 0 Å². The third-order valence-electron chi connectivity index (χ3n) is 5.01. The molecule has 1 atom stereocenters. The number of nitrogens with one attached hydrogen (secondary N) is 2. The average molecular weight is 394 g/mol. The largest absolute Gasteiger partial charge is 0.373 e. The van der Waals surface area contributed by atoms with Crippen molar-refractivity contribution in [2.24, 2.45) is 5.18 Å². The number of hydrogen-bond acceptors (Lipinski definition) is 5. The fourth-order valence-electron chi connectivity index (χ4n) is 3.84. The first-order chi connectivity index (χ1) is 13.7. The molecule has 2 aromatic heterocycles. The Morgan fingerprint density at radius 2 is 2.00 bits per heavy atom. The second-order valence-electron chi connectivity index (χ2n) is 6.53. The predicted octanol–water partition coefficient (Wildman–Crippen LogP) is 5.20. The molecule has 0 aliphatic carbocycles. The van der Waals surface area contributed by atoms with Gasteiger partial charge in [-0.15, -0.1) is 5.10 Å². The molecule has 0 bridgehead atoms. The monoisotopic (exact) mass is 393 g/mol. The molecule has 5 rings (SSSR count). The van der Waals surface area contributed by atoms with E-state index < -0.39 is 11.9 Å². The van der Waals surface area contributed by atoms with Gasteiger partial charge in [-0.25, -0.2) is 4.39 Å². The Balaban J connectivity index is 1.90. The molecule has 1 unspecified atom stereocenters. The number of anilines is 1. The molecule has 3 heterocycles. The van der Waals surface area contributed by atoms with Gasteiger partial charge in [0.1, 0.15) is 12.4 Å². The zero-order chi connectivity index (χ0) is 19.3. The van der Waals surface area contributed by atoms with E-state index in [9.17, 15) is 9.30 Å². The van der Waals surface area contributed by atoms with Gasteiger partial charge >= 0.3 is 0 Å². The molecule has 1 aliphatic heterocycles. The number of nitroso groups, excluding NO2 is 1. The highest BCUT2D eigenvalue weighted by Crippen LogP contribution is 2.46. The summed E-state index contributed by atoms with van der Waals surface area (Å²) in [6.07, 6.45) is 1.77. The van der Waals surface area contributed by atoms with Crippen LogP contribution in [0.15, 0.2) is 53.8 Å². The van der Waals surface area contributed by atoms with Crippen molar-refractivity contribution in [1.29, 1.82) is 0 Å². The minimum atomic E-state index is -0.550. The minimum Gasteiger partial charge on any atom is -0.373 e. The van der Waals surface area contributed by atoms with Crippen LogP contribution in [0.5, 0.6) is 0 Å². The van der Waals surface area contributed by atoms with Crippen molar-refractivity contribution < 1.29 is 4.39 Å².